The van der Waals surface area contributed by atoms with Crippen molar-refractivity contribution < 1.29 is 9.30 Å². The maximum absolute atomic E-state index is 6.50. The van der Waals surface area contributed by atoms with Crippen LogP contribution >= 0.6 is 0 Å². The van der Waals surface area contributed by atoms with Crippen molar-refractivity contribution >= 4 is 21.7 Å². The van der Waals surface area contributed by atoms with Crippen molar-refractivity contribution in [1.29, 1.82) is 0 Å². The lowest BCUT2D eigenvalue weighted by molar-refractivity contribution is -0.633. The number of rotatable bonds is 1. The summed E-state index contributed by atoms with van der Waals surface area (Å²) in [5.41, 5.74) is 7.67. The molecule has 0 bridgehead atoms. The lowest BCUT2D eigenvalue weighted by Crippen LogP contribution is -2.33. The highest BCUT2D eigenvalue weighted by molar-refractivity contribution is 6.05. The molecule has 4 aromatic rings. The Morgan fingerprint density at radius 3 is 2.44 bits per heavy atom. The van der Waals surface area contributed by atoms with Crippen LogP contribution in [0.3, 0.4) is 0 Å². The molecule has 2 nitrogen and oxygen atoms in total. The molecular weight excluding hydrogens is 330 g/mol. The predicted octanol–water partition coefficient (Wildman–Crippen LogP) is 6.33. The molecule has 0 unspecified atom stereocenters. The van der Waals surface area contributed by atoms with Gasteiger partial charge < -0.3 is 4.74 Å². The minimum Gasteiger partial charge on any atom is -0.450 e. The van der Waals surface area contributed by atoms with Gasteiger partial charge in [0.15, 0.2) is 5.75 Å². The van der Waals surface area contributed by atoms with Gasteiger partial charge in [0.1, 0.15) is 12.8 Å². The second-order valence-corrected chi connectivity index (χ2v) is 8.04. The number of benzene rings is 3. The van der Waals surface area contributed by atoms with Crippen molar-refractivity contribution in [2.24, 2.45) is 7.05 Å². The highest BCUT2D eigenvalue weighted by Gasteiger charge is 2.31. The van der Waals surface area contributed by atoms with Gasteiger partial charge in [-0.3, -0.25) is 0 Å². The summed E-state index contributed by atoms with van der Waals surface area (Å²) in [5, 5.41) is 3.71. The third kappa shape index (κ3) is 2.22. The molecule has 134 valence electrons. The van der Waals surface area contributed by atoms with E-state index in [1.165, 1.54) is 49.6 Å². The molecule has 2 heteroatoms. The largest absolute Gasteiger partial charge is 0.450 e. The molecule has 27 heavy (non-hydrogen) atoms. The first-order valence-electron chi connectivity index (χ1n) is 9.63. The van der Waals surface area contributed by atoms with E-state index in [1.54, 1.807) is 0 Å². The van der Waals surface area contributed by atoms with Crippen LogP contribution in [-0.2, 0) is 7.05 Å². The van der Waals surface area contributed by atoms with Crippen molar-refractivity contribution in [3.63, 3.8) is 0 Å². The first kappa shape index (κ1) is 16.3. The van der Waals surface area contributed by atoms with Gasteiger partial charge in [-0.05, 0) is 54.0 Å². The minimum absolute atomic E-state index is 0.466. The smallest absolute Gasteiger partial charge is 0.256 e. The van der Waals surface area contributed by atoms with Crippen LogP contribution in [0.4, 0.5) is 0 Å². The van der Waals surface area contributed by atoms with Crippen molar-refractivity contribution in [2.75, 3.05) is 0 Å². The Bertz CT molecular complexity index is 1250. The number of hydrogen-bond donors (Lipinski definition) is 0. The van der Waals surface area contributed by atoms with Crippen LogP contribution in [-0.4, -0.2) is 0 Å². The molecule has 0 aliphatic carbocycles. The average Bonchev–Trinajstić information content (AvgIpc) is 2.65. The van der Waals surface area contributed by atoms with E-state index in [1.807, 2.05) is 0 Å². The number of nitrogens with zero attached hydrogens (tertiary/aromatic N) is 1. The van der Waals surface area contributed by atoms with Gasteiger partial charge in [-0.15, -0.1) is 0 Å². The van der Waals surface area contributed by atoms with Crippen LogP contribution in [0.15, 0.2) is 48.5 Å². The summed E-state index contributed by atoms with van der Waals surface area (Å²) in [5.74, 6) is 2.39. The molecule has 1 aliphatic rings. The molecule has 2 heterocycles. The van der Waals surface area contributed by atoms with Crippen molar-refractivity contribution in [1.82, 2.24) is 0 Å². The lowest BCUT2D eigenvalue weighted by Gasteiger charge is -2.23. The van der Waals surface area contributed by atoms with E-state index in [0.717, 1.165) is 11.5 Å². The maximum Gasteiger partial charge on any atom is 0.256 e. The number of aromatic nitrogens is 1. The molecule has 1 aromatic heterocycles. The van der Waals surface area contributed by atoms with E-state index in [2.05, 4.69) is 87.8 Å². The van der Waals surface area contributed by atoms with E-state index in [-0.39, 0.29) is 0 Å². The Labute approximate surface area is 160 Å². The molecule has 0 saturated heterocycles. The summed E-state index contributed by atoms with van der Waals surface area (Å²) in [4.78, 5) is 0. The molecule has 3 aromatic carbocycles. The number of para-hydroxylation sites is 1. The SMILES string of the molecule is Cc1cc2cc(C(C)C)cc3c2c(c1C)-c1c(cc2ccccc2[n+]1C)O3. The summed E-state index contributed by atoms with van der Waals surface area (Å²) < 4.78 is 8.79. The van der Waals surface area contributed by atoms with Crippen LogP contribution in [0.1, 0.15) is 36.5 Å². The molecule has 0 saturated carbocycles. The standard InChI is InChI=1S/C25H24NO/c1-14(2)18-11-19-10-15(3)16(4)23-24(19)21(13-18)27-22-12-17-8-6-7-9-20(17)26(5)25(22)23/h6-14H,1-5H3/q+1. The zero-order valence-electron chi connectivity index (χ0n) is 16.6. The predicted molar refractivity (Wildman–Crippen MR) is 112 cm³/mol. The van der Waals surface area contributed by atoms with E-state index in [4.69, 9.17) is 4.74 Å². The third-order valence-electron chi connectivity index (χ3n) is 6.02. The Hall–Kier alpha value is -2.87. The highest BCUT2D eigenvalue weighted by atomic mass is 16.5. The summed E-state index contributed by atoms with van der Waals surface area (Å²) in [6, 6.07) is 17.5. The van der Waals surface area contributed by atoms with Crippen LogP contribution in [0.2, 0.25) is 0 Å². The summed E-state index contributed by atoms with van der Waals surface area (Å²) in [7, 11) is 2.14. The van der Waals surface area contributed by atoms with E-state index in [0.29, 0.717) is 5.92 Å². The zero-order valence-corrected chi connectivity index (χ0v) is 16.6. The van der Waals surface area contributed by atoms with Gasteiger partial charge in [0.25, 0.3) is 5.69 Å². The fourth-order valence-corrected chi connectivity index (χ4v) is 4.37. The quantitative estimate of drug-likeness (QED) is 0.321. The fourth-order valence-electron chi connectivity index (χ4n) is 4.37. The summed E-state index contributed by atoms with van der Waals surface area (Å²) >= 11 is 0. The molecule has 0 spiro atoms. The second-order valence-electron chi connectivity index (χ2n) is 8.04. The molecule has 0 amide bonds. The first-order chi connectivity index (χ1) is 13.0. The van der Waals surface area contributed by atoms with Gasteiger partial charge in [0.05, 0.1) is 10.9 Å². The molecule has 5 rings (SSSR count). The fraction of sp³-hybridized carbons (Fsp3) is 0.240. The highest BCUT2D eigenvalue weighted by Crippen LogP contribution is 2.48. The maximum atomic E-state index is 6.50. The number of hydrogen-bond acceptors (Lipinski definition) is 1. The Morgan fingerprint density at radius 1 is 0.889 bits per heavy atom. The van der Waals surface area contributed by atoms with Gasteiger partial charge in [0.2, 0.25) is 5.52 Å². The van der Waals surface area contributed by atoms with Crippen LogP contribution < -0.4 is 9.30 Å². The van der Waals surface area contributed by atoms with E-state index in [9.17, 15) is 0 Å². The summed E-state index contributed by atoms with van der Waals surface area (Å²) in [6.07, 6.45) is 0. The van der Waals surface area contributed by atoms with Crippen molar-refractivity contribution in [3.05, 3.63) is 65.2 Å². The molecule has 0 radical (unpaired) electrons. The Kier molecular flexibility index (Phi) is 3.36. The van der Waals surface area contributed by atoms with Gasteiger partial charge in [-0.2, -0.15) is 4.57 Å². The number of pyridine rings is 1. The molecule has 0 fully saturated rings. The normalized spacial score (nSPS) is 12.5. The van der Waals surface area contributed by atoms with Crippen molar-refractivity contribution in [2.45, 2.75) is 33.6 Å². The lowest BCUT2D eigenvalue weighted by atomic mass is 9.88. The van der Waals surface area contributed by atoms with Crippen LogP contribution in [0.25, 0.3) is 32.9 Å². The topological polar surface area (TPSA) is 13.1 Å². The monoisotopic (exact) mass is 354 g/mol. The average molecular weight is 354 g/mol. The van der Waals surface area contributed by atoms with Crippen LogP contribution in [0, 0.1) is 13.8 Å². The van der Waals surface area contributed by atoms with Gasteiger partial charge >= 0.3 is 0 Å². The number of fused-ring (bicyclic) bond motifs is 3. The minimum atomic E-state index is 0.466. The van der Waals surface area contributed by atoms with Crippen LogP contribution in [0.5, 0.6) is 11.5 Å². The van der Waals surface area contributed by atoms with E-state index >= 15 is 0 Å². The van der Waals surface area contributed by atoms with Gasteiger partial charge in [0, 0.05) is 17.5 Å². The van der Waals surface area contributed by atoms with Gasteiger partial charge in [-0.25, -0.2) is 0 Å². The molecule has 0 atom stereocenters. The molecular formula is C25H24NO+. The first-order valence-corrected chi connectivity index (χ1v) is 9.63. The zero-order chi connectivity index (χ0) is 18.9. The Balaban J connectivity index is 1.98. The van der Waals surface area contributed by atoms with Crippen molar-refractivity contribution in [3.8, 4) is 22.8 Å². The Morgan fingerprint density at radius 2 is 1.67 bits per heavy atom. The molecule has 0 N–H and O–H groups in total. The second kappa shape index (κ2) is 5.56. The van der Waals surface area contributed by atoms with E-state index < -0.39 is 0 Å². The third-order valence-corrected chi connectivity index (χ3v) is 6.02. The number of ether oxygens (including phenoxy) is 1. The molecule has 1 aliphatic heterocycles. The summed E-state index contributed by atoms with van der Waals surface area (Å²) in [6.45, 7) is 8.91. The number of aryl methyl sites for hydroxylation is 2. The van der Waals surface area contributed by atoms with Gasteiger partial charge in [-0.1, -0.05) is 38.1 Å².